The summed E-state index contributed by atoms with van der Waals surface area (Å²) in [5.41, 5.74) is 1.01. The predicted molar refractivity (Wildman–Crippen MR) is 98.6 cm³/mol. The number of hydrogen-bond acceptors (Lipinski definition) is 5. The highest BCUT2D eigenvalue weighted by Crippen LogP contribution is 2.35. The number of thioether (sulfide) groups is 1. The molecule has 0 atom stereocenters. The van der Waals surface area contributed by atoms with Crippen molar-refractivity contribution in [2.24, 2.45) is 0 Å². The molecule has 2 aromatic rings. The molecule has 1 saturated heterocycles. The molecule has 3 rings (SSSR count). The monoisotopic (exact) mass is 363 g/mol. The third kappa shape index (κ3) is 3.46. The second-order valence-electron chi connectivity index (χ2n) is 5.02. The number of rotatable bonds is 5. The van der Waals surface area contributed by atoms with Crippen LogP contribution >= 0.6 is 35.3 Å². The molecule has 1 amide bonds. The van der Waals surface area contributed by atoms with E-state index >= 15 is 0 Å². The molecule has 0 aliphatic carbocycles. The molecule has 1 aliphatic rings. The third-order valence-electron chi connectivity index (χ3n) is 3.44. The first-order valence-electron chi connectivity index (χ1n) is 6.99. The number of hydrogen-bond donors (Lipinski definition) is 1. The van der Waals surface area contributed by atoms with Crippen LogP contribution in [0.15, 0.2) is 34.6 Å². The lowest BCUT2D eigenvalue weighted by atomic mass is 10.1. The zero-order chi connectivity index (χ0) is 16.4. The minimum atomic E-state index is -0.865. The highest BCUT2D eigenvalue weighted by Gasteiger charge is 2.31. The molecule has 2 heterocycles. The number of thiocarbonyl (C=S) groups is 1. The van der Waals surface area contributed by atoms with E-state index in [2.05, 4.69) is 6.07 Å². The van der Waals surface area contributed by atoms with Crippen LogP contribution in [0, 0.1) is 0 Å². The number of fused-ring (bicyclic) bond motifs is 1. The van der Waals surface area contributed by atoms with E-state index in [4.69, 9.17) is 17.3 Å². The van der Waals surface area contributed by atoms with Gasteiger partial charge in [0.1, 0.15) is 4.32 Å². The minimum Gasteiger partial charge on any atom is -0.481 e. The van der Waals surface area contributed by atoms with Crippen LogP contribution in [-0.4, -0.2) is 32.7 Å². The lowest BCUT2D eigenvalue weighted by Gasteiger charge is -2.13. The fourth-order valence-corrected chi connectivity index (χ4v) is 4.55. The lowest BCUT2D eigenvalue weighted by Crippen LogP contribution is -2.29. The highest BCUT2D eigenvalue weighted by atomic mass is 32.2. The Kier molecular flexibility index (Phi) is 4.79. The Hall–Kier alpha value is -1.70. The van der Waals surface area contributed by atoms with Gasteiger partial charge in [-0.05, 0) is 34.9 Å². The molecular formula is C16H13NO3S3. The smallest absolute Gasteiger partial charge is 0.303 e. The van der Waals surface area contributed by atoms with Crippen molar-refractivity contribution in [1.82, 2.24) is 4.90 Å². The van der Waals surface area contributed by atoms with Gasteiger partial charge >= 0.3 is 5.97 Å². The Morgan fingerprint density at radius 3 is 2.91 bits per heavy atom. The molecule has 1 aromatic carbocycles. The first-order chi connectivity index (χ1) is 11.1. The van der Waals surface area contributed by atoms with E-state index in [9.17, 15) is 9.59 Å². The summed E-state index contributed by atoms with van der Waals surface area (Å²) in [6.07, 6.45) is 2.30. The highest BCUT2D eigenvalue weighted by molar-refractivity contribution is 8.26. The summed E-state index contributed by atoms with van der Waals surface area (Å²) in [6.45, 7) is 0.346. The van der Waals surface area contributed by atoms with E-state index in [0.29, 0.717) is 22.2 Å². The van der Waals surface area contributed by atoms with Crippen molar-refractivity contribution >= 4 is 67.7 Å². The number of thiophene rings is 1. The van der Waals surface area contributed by atoms with Crippen LogP contribution in [0.1, 0.15) is 18.4 Å². The van der Waals surface area contributed by atoms with Gasteiger partial charge < -0.3 is 5.11 Å². The quantitative estimate of drug-likeness (QED) is 0.643. The largest absolute Gasteiger partial charge is 0.481 e. The second kappa shape index (κ2) is 6.82. The summed E-state index contributed by atoms with van der Waals surface area (Å²) in [5, 5.41) is 11.8. The normalized spacial score (nSPS) is 16.7. The van der Waals surface area contributed by atoms with Crippen LogP contribution < -0.4 is 0 Å². The Morgan fingerprint density at radius 2 is 2.13 bits per heavy atom. The van der Waals surface area contributed by atoms with Gasteiger partial charge in [0.05, 0.1) is 4.91 Å². The fourth-order valence-electron chi connectivity index (χ4n) is 2.33. The van der Waals surface area contributed by atoms with E-state index in [-0.39, 0.29) is 12.3 Å². The number of amides is 1. The Balaban J connectivity index is 1.80. The SMILES string of the molecule is O=C(O)CCCN1C(=O)C(=Cc2csc3ccccc23)SC1=S. The first kappa shape index (κ1) is 16.2. The summed E-state index contributed by atoms with van der Waals surface area (Å²) in [4.78, 5) is 25.1. The maximum Gasteiger partial charge on any atom is 0.303 e. The van der Waals surface area contributed by atoms with Crippen molar-refractivity contribution in [3.63, 3.8) is 0 Å². The van der Waals surface area contributed by atoms with Crippen molar-refractivity contribution in [2.45, 2.75) is 12.8 Å². The van der Waals surface area contributed by atoms with E-state index in [1.54, 1.807) is 11.3 Å². The number of carboxylic acids is 1. The van der Waals surface area contributed by atoms with Crippen LogP contribution in [0.5, 0.6) is 0 Å². The van der Waals surface area contributed by atoms with Gasteiger partial charge in [-0.15, -0.1) is 11.3 Å². The maximum absolute atomic E-state index is 12.5. The Bertz CT molecular complexity index is 825. The van der Waals surface area contributed by atoms with Crippen LogP contribution in [0.4, 0.5) is 0 Å². The van der Waals surface area contributed by atoms with E-state index in [1.165, 1.54) is 21.4 Å². The van der Waals surface area contributed by atoms with Crippen molar-refractivity contribution in [3.8, 4) is 0 Å². The Morgan fingerprint density at radius 1 is 1.35 bits per heavy atom. The van der Waals surface area contributed by atoms with Gasteiger partial charge in [0.2, 0.25) is 0 Å². The van der Waals surface area contributed by atoms with Gasteiger partial charge in [-0.2, -0.15) is 0 Å². The molecule has 1 fully saturated rings. The molecule has 0 saturated carbocycles. The van der Waals surface area contributed by atoms with Gasteiger partial charge in [-0.25, -0.2) is 0 Å². The second-order valence-corrected chi connectivity index (χ2v) is 7.60. The number of nitrogens with zero attached hydrogens (tertiary/aromatic N) is 1. The van der Waals surface area contributed by atoms with Crippen molar-refractivity contribution in [2.75, 3.05) is 6.54 Å². The van der Waals surface area contributed by atoms with Gasteiger partial charge in [0.15, 0.2) is 0 Å². The molecule has 1 N–H and O–H groups in total. The van der Waals surface area contributed by atoms with Crippen LogP contribution in [0.2, 0.25) is 0 Å². The molecule has 7 heteroatoms. The summed E-state index contributed by atoms with van der Waals surface area (Å²) >= 11 is 8.16. The summed E-state index contributed by atoms with van der Waals surface area (Å²) < 4.78 is 1.67. The van der Waals surface area contributed by atoms with Crippen LogP contribution in [-0.2, 0) is 9.59 Å². The van der Waals surface area contributed by atoms with E-state index in [1.807, 2.05) is 29.7 Å². The Labute approximate surface area is 146 Å². The van der Waals surface area contributed by atoms with Crippen LogP contribution in [0.25, 0.3) is 16.2 Å². The van der Waals surface area contributed by atoms with Crippen molar-refractivity contribution in [1.29, 1.82) is 0 Å². The molecule has 0 unspecified atom stereocenters. The maximum atomic E-state index is 12.5. The topological polar surface area (TPSA) is 57.6 Å². The third-order valence-corrected chi connectivity index (χ3v) is 5.80. The van der Waals surface area contributed by atoms with E-state index in [0.717, 1.165) is 10.9 Å². The molecule has 4 nitrogen and oxygen atoms in total. The summed E-state index contributed by atoms with van der Waals surface area (Å²) in [7, 11) is 0. The minimum absolute atomic E-state index is 0.0330. The molecule has 1 aliphatic heterocycles. The molecule has 0 radical (unpaired) electrons. The number of carboxylic acid groups (broad SMARTS) is 1. The number of carbonyl (C=O) groups excluding carboxylic acids is 1. The zero-order valence-electron chi connectivity index (χ0n) is 12.0. The zero-order valence-corrected chi connectivity index (χ0v) is 14.5. The van der Waals surface area contributed by atoms with E-state index < -0.39 is 5.97 Å². The average molecular weight is 363 g/mol. The molecule has 0 spiro atoms. The molecule has 23 heavy (non-hydrogen) atoms. The predicted octanol–water partition coefficient (Wildman–Crippen LogP) is 3.97. The molecule has 118 valence electrons. The lowest BCUT2D eigenvalue weighted by molar-refractivity contribution is -0.137. The van der Waals surface area contributed by atoms with Crippen LogP contribution in [0.3, 0.4) is 0 Å². The van der Waals surface area contributed by atoms with Crippen molar-refractivity contribution < 1.29 is 14.7 Å². The average Bonchev–Trinajstić information content (AvgIpc) is 3.04. The summed E-state index contributed by atoms with van der Waals surface area (Å²) in [6, 6.07) is 8.05. The van der Waals surface area contributed by atoms with Crippen molar-refractivity contribution in [3.05, 3.63) is 40.1 Å². The molecular weight excluding hydrogens is 350 g/mol. The fraction of sp³-hybridized carbons (Fsp3) is 0.188. The molecule has 0 bridgehead atoms. The first-order valence-corrected chi connectivity index (χ1v) is 9.10. The van der Waals surface area contributed by atoms with Gasteiger partial charge in [-0.3, -0.25) is 14.5 Å². The standard InChI is InChI=1S/C16H13NO3S3/c18-14(19)6-3-7-17-15(20)13(23-16(17)21)8-10-9-22-12-5-2-1-4-11(10)12/h1-2,4-5,8-9H,3,6-7H2,(H,18,19). The van der Waals surface area contributed by atoms with Gasteiger partial charge in [0, 0.05) is 17.7 Å². The van der Waals surface area contributed by atoms with Gasteiger partial charge in [0.25, 0.3) is 5.91 Å². The number of aliphatic carboxylic acids is 1. The molecule has 1 aromatic heterocycles. The summed E-state index contributed by atoms with van der Waals surface area (Å²) in [5.74, 6) is -1.00. The van der Waals surface area contributed by atoms with Gasteiger partial charge in [-0.1, -0.05) is 42.2 Å². The number of benzene rings is 1. The number of carbonyl (C=O) groups is 2.